The van der Waals surface area contributed by atoms with E-state index < -0.39 is 4.92 Å². The molecule has 0 unspecified atom stereocenters. The summed E-state index contributed by atoms with van der Waals surface area (Å²) in [6, 6.07) is 24.2. The van der Waals surface area contributed by atoms with Crippen molar-refractivity contribution in [1.29, 1.82) is 0 Å². The lowest BCUT2D eigenvalue weighted by Gasteiger charge is -2.30. The van der Waals surface area contributed by atoms with Gasteiger partial charge in [0.25, 0.3) is 11.6 Å². The highest BCUT2D eigenvalue weighted by molar-refractivity contribution is 8.18. The minimum Gasteiger partial charge on any atom is -0.457 e. The van der Waals surface area contributed by atoms with Gasteiger partial charge < -0.3 is 4.42 Å². The molecule has 8 heteroatoms. The summed E-state index contributed by atoms with van der Waals surface area (Å²) in [5.74, 6) is 0.956. The number of aliphatic imine (C=N–C) groups is 1. The fraction of sp³-hybridized carbons (Fsp3) is 0.200. The molecule has 2 heterocycles. The van der Waals surface area contributed by atoms with E-state index in [4.69, 9.17) is 9.41 Å². The Morgan fingerprint density at radius 2 is 1.76 bits per heavy atom. The van der Waals surface area contributed by atoms with Crippen LogP contribution in [-0.4, -0.2) is 26.9 Å². The van der Waals surface area contributed by atoms with E-state index in [-0.39, 0.29) is 17.6 Å². The molecule has 1 saturated carbocycles. The lowest BCUT2D eigenvalue weighted by molar-refractivity contribution is -0.384. The van der Waals surface area contributed by atoms with Gasteiger partial charge in [-0.2, -0.15) is 0 Å². The molecule has 1 aliphatic heterocycles. The van der Waals surface area contributed by atoms with E-state index in [2.05, 4.69) is 18.2 Å². The summed E-state index contributed by atoms with van der Waals surface area (Å²) >= 11 is 1.37. The van der Waals surface area contributed by atoms with E-state index in [1.54, 1.807) is 30.3 Å². The largest absolute Gasteiger partial charge is 0.457 e. The SMILES string of the molecule is O=C1C(=Cc2ccc(-c3cccc([N+](=O)[O-])c3)o2)SC(=Nc2ccc3ccccc3c2)N1C1CCCCC1. The minimum atomic E-state index is -0.431. The fourth-order valence-corrected chi connectivity index (χ4v) is 6.11. The van der Waals surface area contributed by atoms with Crippen molar-refractivity contribution >= 4 is 51.1 Å². The molecule has 38 heavy (non-hydrogen) atoms. The Labute approximate surface area is 224 Å². The van der Waals surface area contributed by atoms with E-state index in [0.29, 0.717) is 27.2 Å². The summed E-state index contributed by atoms with van der Waals surface area (Å²) in [6.07, 6.45) is 7.07. The standard InChI is InChI=1S/C30H25N3O4S/c34-29-28(19-26-15-16-27(37-26)22-9-6-12-25(18-22)33(35)36)38-30(32(29)24-10-2-1-3-11-24)31-23-14-13-20-7-4-5-8-21(20)17-23/h4-9,12-19,24H,1-3,10-11H2. The van der Waals surface area contributed by atoms with Crippen molar-refractivity contribution in [3.8, 4) is 11.3 Å². The molecule has 2 fully saturated rings. The van der Waals surface area contributed by atoms with Crippen LogP contribution in [0.2, 0.25) is 0 Å². The maximum absolute atomic E-state index is 13.7. The molecule has 1 aliphatic carbocycles. The average Bonchev–Trinajstić information content (AvgIpc) is 3.53. The van der Waals surface area contributed by atoms with E-state index in [1.807, 2.05) is 29.2 Å². The third-order valence-electron chi connectivity index (χ3n) is 6.98. The number of amides is 1. The second kappa shape index (κ2) is 10.3. The molecule has 0 atom stereocenters. The molecule has 6 rings (SSSR count). The number of thioether (sulfide) groups is 1. The van der Waals surface area contributed by atoms with Gasteiger partial charge in [-0.05, 0) is 59.6 Å². The number of carbonyl (C=O) groups is 1. The molecule has 0 spiro atoms. The van der Waals surface area contributed by atoms with Gasteiger partial charge in [0.05, 0.1) is 15.5 Å². The highest BCUT2D eigenvalue weighted by Gasteiger charge is 2.38. The molecule has 0 bridgehead atoms. The number of nitro benzene ring substituents is 1. The third kappa shape index (κ3) is 4.87. The van der Waals surface area contributed by atoms with Gasteiger partial charge >= 0.3 is 0 Å². The van der Waals surface area contributed by atoms with Gasteiger partial charge in [0.2, 0.25) is 0 Å². The molecule has 3 aromatic carbocycles. The Balaban J connectivity index is 1.33. The van der Waals surface area contributed by atoms with E-state index in [9.17, 15) is 14.9 Å². The van der Waals surface area contributed by atoms with Crippen LogP contribution in [0, 0.1) is 10.1 Å². The highest BCUT2D eigenvalue weighted by atomic mass is 32.2. The zero-order valence-corrected chi connectivity index (χ0v) is 21.4. The van der Waals surface area contributed by atoms with Crippen molar-refractivity contribution in [1.82, 2.24) is 4.90 Å². The average molecular weight is 524 g/mol. The van der Waals surface area contributed by atoms with Gasteiger partial charge in [-0.25, -0.2) is 4.99 Å². The molecule has 4 aromatic rings. The zero-order valence-electron chi connectivity index (χ0n) is 20.6. The van der Waals surface area contributed by atoms with Crippen LogP contribution in [0.15, 0.2) is 93.2 Å². The number of hydrogen-bond acceptors (Lipinski definition) is 6. The maximum Gasteiger partial charge on any atom is 0.270 e. The van der Waals surface area contributed by atoms with Crippen LogP contribution in [0.5, 0.6) is 0 Å². The molecule has 190 valence electrons. The normalized spacial score (nSPS) is 18.6. The molecule has 1 amide bonds. The first kappa shape index (κ1) is 24.2. The third-order valence-corrected chi connectivity index (χ3v) is 7.96. The van der Waals surface area contributed by atoms with Gasteiger partial charge in [0.15, 0.2) is 5.17 Å². The van der Waals surface area contributed by atoms with Crippen LogP contribution in [0.1, 0.15) is 37.9 Å². The maximum atomic E-state index is 13.7. The Morgan fingerprint density at radius 1 is 0.947 bits per heavy atom. The Morgan fingerprint density at radius 3 is 2.58 bits per heavy atom. The molecule has 0 N–H and O–H groups in total. The van der Waals surface area contributed by atoms with Gasteiger partial charge in [-0.1, -0.05) is 61.7 Å². The van der Waals surface area contributed by atoms with Gasteiger partial charge in [0.1, 0.15) is 11.5 Å². The molecule has 2 aliphatic rings. The zero-order chi connectivity index (χ0) is 26.1. The minimum absolute atomic E-state index is 0.00185. The van der Waals surface area contributed by atoms with E-state index in [1.165, 1.54) is 30.3 Å². The molecule has 1 aromatic heterocycles. The summed E-state index contributed by atoms with van der Waals surface area (Å²) in [5.41, 5.74) is 1.42. The van der Waals surface area contributed by atoms with Crippen molar-refractivity contribution in [3.05, 3.63) is 99.6 Å². The number of furan rings is 1. The Bertz CT molecular complexity index is 1600. The molecular formula is C30H25N3O4S. The van der Waals surface area contributed by atoms with Gasteiger partial charge in [-0.3, -0.25) is 19.8 Å². The second-order valence-corrected chi connectivity index (χ2v) is 10.5. The highest BCUT2D eigenvalue weighted by Crippen LogP contribution is 2.39. The summed E-state index contributed by atoms with van der Waals surface area (Å²) in [4.78, 5) is 31.7. The van der Waals surface area contributed by atoms with Gasteiger partial charge in [0, 0.05) is 29.8 Å². The number of rotatable bonds is 5. The first-order valence-electron chi connectivity index (χ1n) is 12.7. The van der Waals surface area contributed by atoms with Crippen molar-refractivity contribution in [2.45, 2.75) is 38.1 Å². The molecule has 0 radical (unpaired) electrons. The predicted molar refractivity (Wildman–Crippen MR) is 151 cm³/mol. The molecule has 7 nitrogen and oxygen atoms in total. The fourth-order valence-electron chi connectivity index (χ4n) is 5.07. The number of hydrogen-bond donors (Lipinski definition) is 0. The van der Waals surface area contributed by atoms with Crippen LogP contribution >= 0.6 is 11.8 Å². The smallest absolute Gasteiger partial charge is 0.270 e. The number of nitrogens with zero attached hydrogens (tertiary/aromatic N) is 3. The summed E-state index contributed by atoms with van der Waals surface area (Å²) in [6.45, 7) is 0. The molecular weight excluding hydrogens is 498 g/mol. The van der Waals surface area contributed by atoms with Crippen LogP contribution < -0.4 is 0 Å². The summed E-state index contributed by atoms with van der Waals surface area (Å²) < 4.78 is 5.97. The Kier molecular flexibility index (Phi) is 6.55. The molecule has 1 saturated heterocycles. The van der Waals surface area contributed by atoms with Crippen LogP contribution in [0.3, 0.4) is 0 Å². The van der Waals surface area contributed by atoms with E-state index >= 15 is 0 Å². The number of non-ortho nitro benzene ring substituents is 1. The Hall–Kier alpha value is -4.17. The number of carbonyl (C=O) groups excluding carboxylic acids is 1. The number of fused-ring (bicyclic) bond motifs is 1. The topological polar surface area (TPSA) is 88.9 Å². The van der Waals surface area contributed by atoms with Crippen LogP contribution in [0.25, 0.3) is 28.2 Å². The van der Waals surface area contributed by atoms with Crippen LogP contribution in [0.4, 0.5) is 11.4 Å². The summed E-state index contributed by atoms with van der Waals surface area (Å²) in [5, 5.41) is 14.1. The van der Waals surface area contributed by atoms with E-state index in [0.717, 1.165) is 42.1 Å². The van der Waals surface area contributed by atoms with Crippen molar-refractivity contribution in [2.75, 3.05) is 0 Å². The predicted octanol–water partition coefficient (Wildman–Crippen LogP) is 7.94. The first-order chi connectivity index (χ1) is 18.5. The van der Waals surface area contributed by atoms with Crippen molar-refractivity contribution in [3.63, 3.8) is 0 Å². The lowest BCUT2D eigenvalue weighted by atomic mass is 9.94. The first-order valence-corrected chi connectivity index (χ1v) is 13.5. The number of benzene rings is 3. The quantitative estimate of drug-likeness (QED) is 0.150. The van der Waals surface area contributed by atoms with Gasteiger partial charge in [-0.15, -0.1) is 0 Å². The monoisotopic (exact) mass is 523 g/mol. The lowest BCUT2D eigenvalue weighted by Crippen LogP contribution is -2.40. The second-order valence-electron chi connectivity index (χ2n) is 9.51. The number of nitro groups is 1. The van der Waals surface area contributed by atoms with Crippen LogP contribution in [-0.2, 0) is 4.79 Å². The summed E-state index contributed by atoms with van der Waals surface area (Å²) in [7, 11) is 0. The number of amidine groups is 1. The van der Waals surface area contributed by atoms with Crippen molar-refractivity contribution < 1.29 is 14.1 Å². The van der Waals surface area contributed by atoms with Crippen molar-refractivity contribution in [2.24, 2.45) is 4.99 Å².